The highest BCUT2D eigenvalue weighted by molar-refractivity contribution is 5.97. The average Bonchev–Trinajstić information content (AvgIpc) is 3.18. The van der Waals surface area contributed by atoms with Crippen LogP contribution in [0.15, 0.2) is 103 Å². The van der Waals surface area contributed by atoms with Gasteiger partial charge in [0.05, 0.1) is 24.0 Å². The Balaban J connectivity index is 1.46. The SMILES string of the molecule is C=COc1cc2c(cc1C)C1(OC(=O)c3ccccc31)C1=C(CC(C)(OCc3ccccc3)C=C1)O2. The van der Waals surface area contributed by atoms with Crippen LogP contribution in [0.25, 0.3) is 0 Å². The Labute approximate surface area is 210 Å². The third-order valence-electron chi connectivity index (χ3n) is 7.08. The predicted molar refractivity (Wildman–Crippen MR) is 136 cm³/mol. The zero-order valence-corrected chi connectivity index (χ0v) is 20.2. The zero-order chi connectivity index (χ0) is 24.9. The van der Waals surface area contributed by atoms with Crippen LogP contribution >= 0.6 is 0 Å². The second kappa shape index (κ2) is 8.25. The van der Waals surface area contributed by atoms with E-state index in [9.17, 15) is 4.79 Å². The minimum atomic E-state index is -1.11. The summed E-state index contributed by atoms with van der Waals surface area (Å²) < 4.78 is 24.8. The highest BCUT2D eigenvalue weighted by Crippen LogP contribution is 2.56. The molecule has 3 aromatic rings. The highest BCUT2D eigenvalue weighted by atomic mass is 16.6. The van der Waals surface area contributed by atoms with Crippen molar-refractivity contribution in [2.75, 3.05) is 0 Å². The maximum Gasteiger partial charge on any atom is 0.340 e. The van der Waals surface area contributed by atoms with E-state index in [1.807, 2.05) is 92.7 Å². The molecule has 36 heavy (non-hydrogen) atoms. The molecule has 0 saturated heterocycles. The molecular formula is C31H26O5. The Morgan fingerprint density at radius 3 is 2.64 bits per heavy atom. The number of ether oxygens (including phenoxy) is 4. The van der Waals surface area contributed by atoms with Gasteiger partial charge in [0.15, 0.2) is 5.60 Å². The van der Waals surface area contributed by atoms with E-state index in [-0.39, 0.29) is 5.97 Å². The van der Waals surface area contributed by atoms with E-state index in [0.717, 1.165) is 27.8 Å². The van der Waals surface area contributed by atoms with Crippen molar-refractivity contribution in [1.29, 1.82) is 0 Å². The minimum Gasteiger partial charge on any atom is -0.465 e. The fraction of sp³-hybridized carbons (Fsp3) is 0.194. The summed E-state index contributed by atoms with van der Waals surface area (Å²) in [6.45, 7) is 8.14. The van der Waals surface area contributed by atoms with E-state index in [0.29, 0.717) is 35.8 Å². The molecular weight excluding hydrogens is 452 g/mol. The van der Waals surface area contributed by atoms with E-state index >= 15 is 0 Å². The Morgan fingerprint density at radius 1 is 1.06 bits per heavy atom. The molecule has 0 saturated carbocycles. The Hall–Kier alpha value is -4.09. The van der Waals surface area contributed by atoms with Crippen LogP contribution in [0.4, 0.5) is 0 Å². The van der Waals surface area contributed by atoms with Gasteiger partial charge in [0.25, 0.3) is 0 Å². The molecule has 0 radical (unpaired) electrons. The summed E-state index contributed by atoms with van der Waals surface area (Å²) in [7, 11) is 0. The fourth-order valence-electron chi connectivity index (χ4n) is 5.29. The standard InChI is InChI=1S/C31H26O5/c1-4-33-26-17-27-25(16-20(26)2)31(23-13-9-8-12-22(23)29(32)36-31)24-14-15-30(3,18-28(24)35-27)34-19-21-10-6-5-7-11-21/h4-17H,1,18-19H2,2-3H3. The number of esters is 1. The van der Waals surface area contributed by atoms with Gasteiger partial charge < -0.3 is 18.9 Å². The first-order valence-corrected chi connectivity index (χ1v) is 12.0. The molecule has 1 aliphatic carbocycles. The Kier molecular flexibility index (Phi) is 5.13. The lowest BCUT2D eigenvalue weighted by atomic mass is 9.73. The van der Waals surface area contributed by atoms with Crippen molar-refractivity contribution >= 4 is 5.97 Å². The third kappa shape index (κ3) is 3.39. The molecule has 180 valence electrons. The first-order valence-electron chi connectivity index (χ1n) is 12.0. The number of aryl methyl sites for hydroxylation is 1. The van der Waals surface area contributed by atoms with E-state index < -0.39 is 11.2 Å². The summed E-state index contributed by atoms with van der Waals surface area (Å²) in [6, 6.07) is 21.4. The van der Waals surface area contributed by atoms with Crippen molar-refractivity contribution in [2.45, 2.75) is 38.1 Å². The molecule has 0 aromatic heterocycles. The van der Waals surface area contributed by atoms with Gasteiger partial charge in [0.1, 0.15) is 17.3 Å². The molecule has 3 aromatic carbocycles. The van der Waals surface area contributed by atoms with Crippen LogP contribution in [0.1, 0.15) is 46.0 Å². The molecule has 0 fully saturated rings. The molecule has 2 aliphatic heterocycles. The largest absolute Gasteiger partial charge is 0.465 e. The maximum atomic E-state index is 13.1. The molecule has 2 unspecified atom stereocenters. The predicted octanol–water partition coefficient (Wildman–Crippen LogP) is 6.51. The lowest BCUT2D eigenvalue weighted by molar-refractivity contribution is -0.0174. The molecule has 0 amide bonds. The second-order valence-electron chi connectivity index (χ2n) is 9.55. The van der Waals surface area contributed by atoms with Crippen LogP contribution in [-0.4, -0.2) is 11.6 Å². The summed E-state index contributed by atoms with van der Waals surface area (Å²) >= 11 is 0. The van der Waals surface area contributed by atoms with Gasteiger partial charge in [-0.25, -0.2) is 4.79 Å². The number of benzene rings is 3. The van der Waals surface area contributed by atoms with Gasteiger partial charge in [-0.2, -0.15) is 0 Å². The number of carbonyl (C=O) groups is 1. The zero-order valence-electron chi connectivity index (χ0n) is 20.2. The summed E-state index contributed by atoms with van der Waals surface area (Å²) in [5, 5.41) is 0. The molecule has 5 heteroatoms. The third-order valence-corrected chi connectivity index (χ3v) is 7.08. The summed E-state index contributed by atoms with van der Waals surface area (Å²) in [5.41, 5.74) is 3.23. The summed E-state index contributed by atoms with van der Waals surface area (Å²) in [6.07, 6.45) is 5.91. The molecule has 3 aliphatic rings. The molecule has 2 atom stereocenters. The van der Waals surface area contributed by atoms with Gasteiger partial charge in [0.2, 0.25) is 0 Å². The molecule has 0 bridgehead atoms. The Morgan fingerprint density at radius 2 is 1.83 bits per heavy atom. The summed E-state index contributed by atoms with van der Waals surface area (Å²) in [5.74, 6) is 1.58. The number of carbonyl (C=O) groups excluding carboxylic acids is 1. The van der Waals surface area contributed by atoms with E-state index in [2.05, 4.69) is 6.58 Å². The van der Waals surface area contributed by atoms with Crippen molar-refractivity contribution in [3.05, 3.63) is 131 Å². The molecule has 5 nitrogen and oxygen atoms in total. The van der Waals surface area contributed by atoms with Gasteiger partial charge in [-0.3, -0.25) is 0 Å². The number of fused-ring (bicyclic) bond motifs is 5. The van der Waals surface area contributed by atoms with Crippen LogP contribution in [0.5, 0.6) is 11.5 Å². The maximum absolute atomic E-state index is 13.1. The van der Waals surface area contributed by atoms with Crippen molar-refractivity contribution in [3.8, 4) is 11.5 Å². The topological polar surface area (TPSA) is 54.0 Å². The number of rotatable bonds is 5. The fourth-order valence-corrected chi connectivity index (χ4v) is 5.29. The number of hydrogen-bond donors (Lipinski definition) is 0. The van der Waals surface area contributed by atoms with E-state index in [4.69, 9.17) is 18.9 Å². The van der Waals surface area contributed by atoms with Gasteiger partial charge in [-0.05, 0) is 37.1 Å². The molecule has 1 spiro atoms. The average molecular weight is 479 g/mol. The van der Waals surface area contributed by atoms with Crippen molar-refractivity contribution in [2.24, 2.45) is 0 Å². The van der Waals surface area contributed by atoms with Crippen LogP contribution in [-0.2, 0) is 21.7 Å². The first-order chi connectivity index (χ1) is 17.4. The lowest BCUT2D eigenvalue weighted by Crippen LogP contribution is -2.40. The molecule has 0 N–H and O–H groups in total. The van der Waals surface area contributed by atoms with E-state index in [1.54, 1.807) is 0 Å². The van der Waals surface area contributed by atoms with Crippen molar-refractivity contribution < 1.29 is 23.7 Å². The van der Waals surface area contributed by atoms with Crippen LogP contribution in [0.3, 0.4) is 0 Å². The molecule has 6 rings (SSSR count). The van der Waals surface area contributed by atoms with Gasteiger partial charge in [-0.1, -0.05) is 67.3 Å². The lowest BCUT2D eigenvalue weighted by Gasteiger charge is -2.42. The minimum absolute atomic E-state index is 0.351. The smallest absolute Gasteiger partial charge is 0.340 e. The second-order valence-corrected chi connectivity index (χ2v) is 9.55. The molecule has 2 heterocycles. The normalized spacial score (nSPS) is 23.4. The highest BCUT2D eigenvalue weighted by Gasteiger charge is 2.55. The van der Waals surface area contributed by atoms with Gasteiger partial charge >= 0.3 is 5.97 Å². The van der Waals surface area contributed by atoms with Gasteiger partial charge in [0, 0.05) is 29.2 Å². The van der Waals surface area contributed by atoms with Crippen LogP contribution in [0, 0.1) is 6.92 Å². The van der Waals surface area contributed by atoms with E-state index in [1.165, 1.54) is 6.26 Å². The van der Waals surface area contributed by atoms with Crippen LogP contribution < -0.4 is 9.47 Å². The van der Waals surface area contributed by atoms with Crippen molar-refractivity contribution in [3.63, 3.8) is 0 Å². The number of hydrogen-bond acceptors (Lipinski definition) is 5. The first kappa shape index (κ1) is 22.4. The monoisotopic (exact) mass is 478 g/mol. The Bertz CT molecular complexity index is 1450. The summed E-state index contributed by atoms with van der Waals surface area (Å²) in [4.78, 5) is 13.1. The van der Waals surface area contributed by atoms with Gasteiger partial charge in [-0.15, -0.1) is 0 Å². The quantitative estimate of drug-likeness (QED) is 0.309. The van der Waals surface area contributed by atoms with Crippen molar-refractivity contribution in [1.82, 2.24) is 0 Å². The van der Waals surface area contributed by atoms with Crippen LogP contribution in [0.2, 0.25) is 0 Å².